The molecule has 0 unspecified atom stereocenters. The number of nitrogens with zero attached hydrogens (tertiary/aromatic N) is 1. The van der Waals surface area contributed by atoms with Gasteiger partial charge in [0.05, 0.1) is 16.5 Å². The van der Waals surface area contributed by atoms with Crippen LogP contribution in [0.2, 0.25) is 5.02 Å². The van der Waals surface area contributed by atoms with E-state index in [-0.39, 0.29) is 29.4 Å². The first-order valence-corrected chi connectivity index (χ1v) is 10.5. The second kappa shape index (κ2) is 7.31. The highest BCUT2D eigenvalue weighted by atomic mass is 35.5. The normalized spacial score (nSPS) is 22.3. The molecular weight excluding hydrogens is 350 g/mol. The second-order valence-electron chi connectivity index (χ2n) is 6.50. The van der Waals surface area contributed by atoms with Gasteiger partial charge in [-0.25, -0.2) is 8.42 Å². The van der Waals surface area contributed by atoms with Crippen LogP contribution in [0, 0.1) is 5.92 Å². The maximum Gasteiger partial charge on any atom is 0.225 e. The van der Waals surface area contributed by atoms with E-state index in [1.54, 1.807) is 6.07 Å². The van der Waals surface area contributed by atoms with Crippen molar-refractivity contribution in [1.29, 1.82) is 0 Å². The summed E-state index contributed by atoms with van der Waals surface area (Å²) in [6.45, 7) is 1.30. The van der Waals surface area contributed by atoms with Gasteiger partial charge in [0.25, 0.3) is 0 Å². The van der Waals surface area contributed by atoms with E-state index in [0.29, 0.717) is 36.7 Å². The molecule has 5 nitrogen and oxygen atoms in total. The van der Waals surface area contributed by atoms with Crippen molar-refractivity contribution in [1.82, 2.24) is 4.90 Å². The van der Waals surface area contributed by atoms with Gasteiger partial charge in [-0.3, -0.25) is 4.79 Å². The smallest absolute Gasteiger partial charge is 0.225 e. The molecule has 1 aromatic rings. The predicted molar refractivity (Wildman–Crippen MR) is 93.1 cm³/mol. The summed E-state index contributed by atoms with van der Waals surface area (Å²) in [5, 5.41) is 0.597. The fourth-order valence-electron chi connectivity index (χ4n) is 3.31. The van der Waals surface area contributed by atoms with Gasteiger partial charge in [-0.15, -0.1) is 0 Å². The summed E-state index contributed by atoms with van der Waals surface area (Å²) in [6, 6.07) is 7.40. The van der Waals surface area contributed by atoms with E-state index in [1.165, 1.54) is 0 Å². The highest BCUT2D eigenvalue weighted by Crippen LogP contribution is 2.28. The number of piperidine rings is 1. The van der Waals surface area contributed by atoms with Crippen LogP contribution in [0.15, 0.2) is 24.3 Å². The number of hydrogen-bond donors (Lipinski definition) is 0. The van der Waals surface area contributed by atoms with Gasteiger partial charge in [0.1, 0.15) is 21.7 Å². The number of para-hydroxylation sites is 1. The molecule has 0 atom stereocenters. The van der Waals surface area contributed by atoms with E-state index in [9.17, 15) is 13.2 Å². The molecule has 2 heterocycles. The number of halogens is 1. The Bertz CT molecular complexity index is 684. The van der Waals surface area contributed by atoms with Crippen molar-refractivity contribution in [2.24, 2.45) is 5.92 Å². The number of likely N-dealkylation sites (tertiary alicyclic amines) is 1. The molecule has 0 aromatic heterocycles. The molecular formula is C17H22ClNO4S. The molecule has 2 saturated heterocycles. The molecule has 2 aliphatic rings. The molecule has 132 valence electrons. The zero-order chi connectivity index (χ0) is 17.2. The molecule has 3 rings (SSSR count). The zero-order valence-electron chi connectivity index (χ0n) is 13.5. The number of ether oxygens (including phenoxy) is 1. The van der Waals surface area contributed by atoms with Crippen LogP contribution in [0.3, 0.4) is 0 Å². The van der Waals surface area contributed by atoms with Crippen LogP contribution in [-0.2, 0) is 14.6 Å². The number of carbonyl (C=O) groups excluding carboxylic acids is 1. The molecule has 2 fully saturated rings. The lowest BCUT2D eigenvalue weighted by atomic mass is 9.99. The molecule has 0 N–H and O–H groups in total. The summed E-state index contributed by atoms with van der Waals surface area (Å²) in [6.07, 6.45) is 2.50. The fraction of sp³-hybridized carbons (Fsp3) is 0.588. The third-order valence-electron chi connectivity index (χ3n) is 4.79. The molecule has 24 heavy (non-hydrogen) atoms. The van der Waals surface area contributed by atoms with E-state index < -0.39 is 9.84 Å². The molecule has 7 heteroatoms. The first kappa shape index (κ1) is 17.5. The van der Waals surface area contributed by atoms with Crippen molar-refractivity contribution in [3.8, 4) is 5.75 Å². The predicted octanol–water partition coefficient (Wildman–Crippen LogP) is 2.53. The van der Waals surface area contributed by atoms with Crippen molar-refractivity contribution in [3.63, 3.8) is 0 Å². The van der Waals surface area contributed by atoms with Crippen LogP contribution in [-0.4, -0.2) is 49.9 Å². The van der Waals surface area contributed by atoms with Crippen LogP contribution >= 0.6 is 11.6 Å². The minimum Gasteiger partial charge on any atom is -0.489 e. The molecule has 0 saturated carbocycles. The van der Waals surface area contributed by atoms with Crippen LogP contribution in [0.5, 0.6) is 5.75 Å². The van der Waals surface area contributed by atoms with Crippen LogP contribution in [0.25, 0.3) is 0 Å². The van der Waals surface area contributed by atoms with Crippen LogP contribution in [0.1, 0.15) is 25.7 Å². The van der Waals surface area contributed by atoms with Crippen LogP contribution < -0.4 is 4.74 Å². The second-order valence-corrected chi connectivity index (χ2v) is 9.21. The zero-order valence-corrected chi connectivity index (χ0v) is 15.1. The van der Waals surface area contributed by atoms with E-state index in [4.69, 9.17) is 16.3 Å². The Kier molecular flexibility index (Phi) is 5.35. The van der Waals surface area contributed by atoms with E-state index >= 15 is 0 Å². The lowest BCUT2D eigenvalue weighted by molar-refractivity contribution is -0.137. The average molecular weight is 372 g/mol. The van der Waals surface area contributed by atoms with Crippen molar-refractivity contribution < 1.29 is 17.9 Å². The van der Waals surface area contributed by atoms with Crippen molar-refractivity contribution in [2.75, 3.05) is 24.6 Å². The quantitative estimate of drug-likeness (QED) is 0.819. The van der Waals surface area contributed by atoms with Gasteiger partial charge in [-0.2, -0.15) is 0 Å². The summed E-state index contributed by atoms with van der Waals surface area (Å²) >= 11 is 6.11. The van der Waals surface area contributed by atoms with E-state index in [2.05, 4.69) is 0 Å². The Hall–Kier alpha value is -1.27. The van der Waals surface area contributed by atoms with Gasteiger partial charge < -0.3 is 9.64 Å². The van der Waals surface area contributed by atoms with E-state index in [1.807, 2.05) is 23.1 Å². The van der Waals surface area contributed by atoms with Crippen molar-refractivity contribution in [3.05, 3.63) is 29.3 Å². The molecule has 0 spiro atoms. The summed E-state index contributed by atoms with van der Waals surface area (Å²) in [4.78, 5) is 14.4. The first-order chi connectivity index (χ1) is 11.4. The molecule has 0 aliphatic carbocycles. The lowest BCUT2D eigenvalue weighted by Crippen LogP contribution is -2.45. The Morgan fingerprint density at radius 2 is 1.71 bits per heavy atom. The number of carbonyl (C=O) groups is 1. The molecule has 2 aliphatic heterocycles. The molecule has 1 aromatic carbocycles. The third kappa shape index (κ3) is 4.22. The maximum absolute atomic E-state index is 12.6. The fourth-order valence-corrected chi connectivity index (χ4v) is 4.98. The monoisotopic (exact) mass is 371 g/mol. The largest absolute Gasteiger partial charge is 0.489 e. The number of rotatable bonds is 3. The van der Waals surface area contributed by atoms with Gasteiger partial charge in [-0.05, 0) is 25.0 Å². The number of benzene rings is 1. The molecule has 0 radical (unpaired) electrons. The van der Waals surface area contributed by atoms with Crippen molar-refractivity contribution >= 4 is 27.3 Å². The first-order valence-electron chi connectivity index (χ1n) is 8.35. The Morgan fingerprint density at radius 3 is 2.33 bits per heavy atom. The highest BCUT2D eigenvalue weighted by Gasteiger charge is 2.33. The third-order valence-corrected chi connectivity index (χ3v) is 6.82. The van der Waals surface area contributed by atoms with Gasteiger partial charge >= 0.3 is 0 Å². The van der Waals surface area contributed by atoms with Gasteiger partial charge in [0.2, 0.25) is 5.91 Å². The molecule has 0 bridgehead atoms. The van der Waals surface area contributed by atoms with Crippen LogP contribution in [0.4, 0.5) is 0 Å². The summed E-state index contributed by atoms with van der Waals surface area (Å²) < 4.78 is 28.9. The lowest BCUT2D eigenvalue weighted by Gasteiger charge is -2.35. The standard InChI is InChI=1S/C17H22ClNO4S/c18-15-3-1-2-4-16(15)23-14-5-9-19(10-6-14)17(20)13-7-11-24(21,22)12-8-13/h1-4,13-14H,5-12H2. The summed E-state index contributed by atoms with van der Waals surface area (Å²) in [5.74, 6) is 0.905. The van der Waals surface area contributed by atoms with Gasteiger partial charge in [-0.1, -0.05) is 23.7 Å². The maximum atomic E-state index is 12.6. The summed E-state index contributed by atoms with van der Waals surface area (Å²) in [7, 11) is -2.93. The number of hydrogen-bond acceptors (Lipinski definition) is 4. The summed E-state index contributed by atoms with van der Waals surface area (Å²) in [5.41, 5.74) is 0. The number of sulfone groups is 1. The SMILES string of the molecule is O=C(C1CCS(=O)(=O)CC1)N1CCC(Oc2ccccc2Cl)CC1. The Labute approximate surface area is 147 Å². The minimum atomic E-state index is -2.93. The highest BCUT2D eigenvalue weighted by molar-refractivity contribution is 7.91. The molecule has 1 amide bonds. The minimum absolute atomic E-state index is 0.0562. The number of amides is 1. The van der Waals surface area contributed by atoms with E-state index in [0.717, 1.165) is 12.8 Å². The average Bonchev–Trinajstić information content (AvgIpc) is 2.57. The topological polar surface area (TPSA) is 63.7 Å². The van der Waals surface area contributed by atoms with Gasteiger partial charge in [0.15, 0.2) is 0 Å². The Balaban J connectivity index is 1.50. The van der Waals surface area contributed by atoms with Gasteiger partial charge in [0, 0.05) is 31.8 Å². The Morgan fingerprint density at radius 1 is 1.08 bits per heavy atom. The van der Waals surface area contributed by atoms with Crippen molar-refractivity contribution in [2.45, 2.75) is 31.8 Å².